The normalized spacial score (nSPS) is 34.8. The number of carbonyl (C=O) groups is 1. The minimum Gasteiger partial charge on any atom is -0.481 e. The summed E-state index contributed by atoms with van der Waals surface area (Å²) in [6, 6.07) is 17.6. The minimum atomic E-state index is -0.550. The Morgan fingerprint density at radius 3 is 1.96 bits per heavy atom. The summed E-state index contributed by atoms with van der Waals surface area (Å²) < 4.78 is 1.25. The van der Waals surface area contributed by atoms with Gasteiger partial charge in [0.15, 0.2) is 0 Å². The molecule has 2 aromatic carbocycles. The van der Waals surface area contributed by atoms with Crippen LogP contribution < -0.4 is 0 Å². The highest BCUT2D eigenvalue weighted by Crippen LogP contribution is 2.65. The second-order valence-corrected chi connectivity index (χ2v) is 10.2. The predicted octanol–water partition coefficient (Wildman–Crippen LogP) is 5.88. The molecule has 6 rings (SSSR count). The van der Waals surface area contributed by atoms with Gasteiger partial charge in [-0.15, -0.1) is 0 Å². The third-order valence-electron chi connectivity index (χ3n) is 7.19. The third kappa shape index (κ3) is 2.54. The van der Waals surface area contributed by atoms with Gasteiger partial charge in [0.1, 0.15) is 0 Å². The van der Waals surface area contributed by atoms with Crippen molar-refractivity contribution in [2.75, 3.05) is 0 Å². The zero-order valence-electron chi connectivity index (χ0n) is 14.7. The second-order valence-electron chi connectivity index (χ2n) is 8.91. The smallest absolute Gasteiger partial charge is 0.309 e. The van der Waals surface area contributed by atoms with E-state index in [1.165, 1.54) is 39.5 Å². The third-order valence-corrected chi connectivity index (χ3v) is 7.91. The van der Waals surface area contributed by atoms with E-state index in [9.17, 15) is 9.90 Å². The Balaban J connectivity index is 1.49. The molecule has 4 fully saturated rings. The molecule has 4 aliphatic rings. The number of hydrogen-bond donors (Lipinski definition) is 1. The van der Waals surface area contributed by atoms with Crippen molar-refractivity contribution in [3.05, 3.63) is 57.7 Å². The number of carboxylic acids is 1. The molecule has 26 heavy (non-hydrogen) atoms. The van der Waals surface area contributed by atoms with Gasteiger partial charge in [-0.3, -0.25) is 4.79 Å². The van der Waals surface area contributed by atoms with Gasteiger partial charge >= 0.3 is 5.97 Å². The van der Waals surface area contributed by atoms with Crippen molar-refractivity contribution in [1.82, 2.24) is 0 Å². The molecule has 2 nitrogen and oxygen atoms in total. The fraction of sp³-hybridized carbons (Fsp3) is 0.435. The standard InChI is InChI=1S/C23H23IO2/c24-20-7-3-18(4-8-20)17-1-5-19(6-2-17)22-10-15-9-16(11-22)13-23(12-15,14-22)21(25)26/h1-8,15-16H,9-14H2,(H,25,26). The average Bonchev–Trinajstić information content (AvgIpc) is 2.61. The topological polar surface area (TPSA) is 37.3 Å². The van der Waals surface area contributed by atoms with Crippen molar-refractivity contribution in [1.29, 1.82) is 0 Å². The summed E-state index contributed by atoms with van der Waals surface area (Å²) in [6.07, 6.45) is 6.26. The molecule has 134 valence electrons. The van der Waals surface area contributed by atoms with E-state index in [0.29, 0.717) is 11.8 Å². The van der Waals surface area contributed by atoms with Gasteiger partial charge in [0, 0.05) is 3.57 Å². The molecule has 1 N–H and O–H groups in total. The number of aliphatic carboxylic acids is 1. The highest BCUT2D eigenvalue weighted by atomic mass is 127. The van der Waals surface area contributed by atoms with E-state index >= 15 is 0 Å². The fourth-order valence-electron chi connectivity index (χ4n) is 6.51. The van der Waals surface area contributed by atoms with Crippen molar-refractivity contribution < 1.29 is 9.90 Å². The predicted molar refractivity (Wildman–Crippen MR) is 111 cm³/mol. The van der Waals surface area contributed by atoms with Gasteiger partial charge < -0.3 is 5.11 Å². The van der Waals surface area contributed by atoms with E-state index in [1.807, 2.05) is 0 Å². The molecule has 3 heteroatoms. The first kappa shape index (κ1) is 16.8. The van der Waals surface area contributed by atoms with Gasteiger partial charge in [-0.05, 0) is 107 Å². The van der Waals surface area contributed by atoms with Gasteiger partial charge in [-0.1, -0.05) is 36.4 Å². The molecule has 4 bridgehead atoms. The van der Waals surface area contributed by atoms with Crippen LogP contribution >= 0.6 is 22.6 Å². The zero-order valence-corrected chi connectivity index (χ0v) is 16.9. The molecular weight excluding hydrogens is 435 g/mol. The van der Waals surface area contributed by atoms with Crippen molar-refractivity contribution in [3.8, 4) is 11.1 Å². The van der Waals surface area contributed by atoms with Crippen LogP contribution in [0.15, 0.2) is 48.5 Å². The first-order valence-corrected chi connectivity index (χ1v) is 10.7. The summed E-state index contributed by atoms with van der Waals surface area (Å²) >= 11 is 2.33. The van der Waals surface area contributed by atoms with Gasteiger partial charge in [0.25, 0.3) is 0 Å². The van der Waals surface area contributed by atoms with Crippen LogP contribution in [-0.4, -0.2) is 11.1 Å². The average molecular weight is 458 g/mol. The Bertz CT molecular complexity index is 839. The molecule has 2 aromatic rings. The maximum Gasteiger partial charge on any atom is 0.309 e. The molecule has 0 heterocycles. The number of halogens is 1. The Morgan fingerprint density at radius 1 is 0.885 bits per heavy atom. The summed E-state index contributed by atoms with van der Waals surface area (Å²) in [5.74, 6) is 0.651. The van der Waals surface area contributed by atoms with Gasteiger partial charge in [0.05, 0.1) is 5.41 Å². The molecule has 4 saturated carbocycles. The minimum absolute atomic E-state index is 0.0903. The molecule has 0 radical (unpaired) electrons. The van der Waals surface area contributed by atoms with Gasteiger partial charge in [-0.25, -0.2) is 0 Å². The highest BCUT2D eigenvalue weighted by Gasteiger charge is 2.61. The first-order valence-electron chi connectivity index (χ1n) is 9.58. The fourth-order valence-corrected chi connectivity index (χ4v) is 6.87. The largest absolute Gasteiger partial charge is 0.481 e. The molecule has 2 atom stereocenters. The van der Waals surface area contributed by atoms with E-state index < -0.39 is 11.4 Å². The zero-order chi connectivity index (χ0) is 17.9. The highest BCUT2D eigenvalue weighted by molar-refractivity contribution is 14.1. The summed E-state index contributed by atoms with van der Waals surface area (Å²) in [5, 5.41) is 9.95. The lowest BCUT2D eigenvalue weighted by Crippen LogP contribution is -2.56. The van der Waals surface area contributed by atoms with E-state index in [0.717, 1.165) is 19.3 Å². The quantitative estimate of drug-likeness (QED) is 0.584. The van der Waals surface area contributed by atoms with Crippen LogP contribution in [0, 0.1) is 20.8 Å². The van der Waals surface area contributed by atoms with Crippen LogP contribution in [0.25, 0.3) is 11.1 Å². The number of benzene rings is 2. The maximum absolute atomic E-state index is 12.1. The molecule has 0 amide bonds. The number of hydrogen-bond acceptors (Lipinski definition) is 1. The molecule has 0 aliphatic heterocycles. The Kier molecular flexibility index (Phi) is 3.76. The van der Waals surface area contributed by atoms with Crippen LogP contribution in [0.2, 0.25) is 0 Å². The molecule has 0 aromatic heterocycles. The van der Waals surface area contributed by atoms with Gasteiger partial charge in [0.2, 0.25) is 0 Å². The van der Waals surface area contributed by atoms with Crippen LogP contribution in [0.4, 0.5) is 0 Å². The van der Waals surface area contributed by atoms with E-state index in [-0.39, 0.29) is 5.41 Å². The van der Waals surface area contributed by atoms with E-state index in [4.69, 9.17) is 0 Å². The molecule has 4 aliphatic carbocycles. The number of rotatable bonds is 3. The summed E-state index contributed by atoms with van der Waals surface area (Å²) in [5.41, 5.74) is 3.48. The van der Waals surface area contributed by atoms with Crippen LogP contribution in [0.3, 0.4) is 0 Å². The van der Waals surface area contributed by atoms with E-state index in [1.54, 1.807) is 0 Å². The number of carboxylic acid groups (broad SMARTS) is 1. The molecule has 0 saturated heterocycles. The Hall–Kier alpha value is -1.36. The molecule has 0 spiro atoms. The lowest BCUT2D eigenvalue weighted by molar-refractivity contribution is -0.167. The maximum atomic E-state index is 12.1. The lowest BCUT2D eigenvalue weighted by atomic mass is 9.43. The van der Waals surface area contributed by atoms with Crippen molar-refractivity contribution in [2.24, 2.45) is 17.3 Å². The SMILES string of the molecule is O=C(O)C12CC3CC(C1)CC(c1ccc(-c4ccc(I)cc4)cc1)(C3)C2. The van der Waals surface area contributed by atoms with E-state index in [2.05, 4.69) is 71.1 Å². The van der Waals surface area contributed by atoms with Crippen LogP contribution in [0.5, 0.6) is 0 Å². The Morgan fingerprint density at radius 2 is 1.42 bits per heavy atom. The summed E-state index contributed by atoms with van der Waals surface area (Å²) in [4.78, 5) is 12.1. The Labute approximate surface area is 168 Å². The van der Waals surface area contributed by atoms with Crippen molar-refractivity contribution in [2.45, 2.75) is 43.9 Å². The lowest BCUT2D eigenvalue weighted by Gasteiger charge is -2.60. The summed E-state index contributed by atoms with van der Waals surface area (Å²) in [7, 11) is 0. The van der Waals surface area contributed by atoms with Crippen molar-refractivity contribution in [3.63, 3.8) is 0 Å². The summed E-state index contributed by atoms with van der Waals surface area (Å²) in [6.45, 7) is 0. The monoisotopic (exact) mass is 458 g/mol. The van der Waals surface area contributed by atoms with Crippen LogP contribution in [0.1, 0.15) is 44.1 Å². The second kappa shape index (κ2) is 5.82. The first-order chi connectivity index (χ1) is 12.5. The molecule has 2 unspecified atom stereocenters. The molecular formula is C23H23IO2. The van der Waals surface area contributed by atoms with Crippen LogP contribution in [-0.2, 0) is 10.2 Å². The van der Waals surface area contributed by atoms with Gasteiger partial charge in [-0.2, -0.15) is 0 Å². The van der Waals surface area contributed by atoms with Crippen molar-refractivity contribution >= 4 is 28.6 Å².